The predicted octanol–water partition coefficient (Wildman–Crippen LogP) is 0.188. The van der Waals surface area contributed by atoms with Gasteiger partial charge in [-0.2, -0.15) is 0 Å². The van der Waals surface area contributed by atoms with Crippen LogP contribution in [0, 0.1) is 0 Å². The van der Waals surface area contributed by atoms with Crippen LogP contribution < -0.4 is 5.32 Å². The molecule has 0 aliphatic carbocycles. The molecule has 5 heteroatoms. The van der Waals surface area contributed by atoms with Gasteiger partial charge in [-0.05, 0) is 20.8 Å². The molecule has 0 spiro atoms. The van der Waals surface area contributed by atoms with E-state index in [1.807, 2.05) is 0 Å². The van der Waals surface area contributed by atoms with Crippen LogP contribution in [-0.2, 0) is 4.74 Å². The molecule has 1 amide bonds. The average Bonchev–Trinajstić information content (AvgIpc) is 2.14. The summed E-state index contributed by atoms with van der Waals surface area (Å²) in [4.78, 5) is 13.2. The second kappa shape index (κ2) is 4.81. The highest BCUT2D eigenvalue weighted by Crippen LogP contribution is 2.11. The van der Waals surface area contributed by atoms with E-state index in [0.717, 1.165) is 0 Å². The van der Waals surface area contributed by atoms with E-state index in [-0.39, 0.29) is 6.54 Å². The monoisotopic (exact) mass is 218 g/mol. The fourth-order valence-electron chi connectivity index (χ4n) is 1.33. The third-order valence-corrected chi connectivity index (χ3v) is 1.98. The van der Waals surface area contributed by atoms with E-state index in [9.17, 15) is 9.90 Å². The van der Waals surface area contributed by atoms with Gasteiger partial charge in [0, 0.05) is 25.7 Å². The SMILES string of the molecule is [2H]C([2H])(O)C1CN(C(=O)OC(C)(C)C)CCN1. The van der Waals surface area contributed by atoms with Crippen molar-refractivity contribution in [1.82, 2.24) is 10.2 Å². The first-order valence-corrected chi connectivity index (χ1v) is 5.03. The van der Waals surface area contributed by atoms with Gasteiger partial charge in [0.05, 0.1) is 9.30 Å². The summed E-state index contributed by atoms with van der Waals surface area (Å²) in [7, 11) is 0. The molecule has 1 aliphatic rings. The van der Waals surface area contributed by atoms with Crippen molar-refractivity contribution in [3.63, 3.8) is 0 Å². The quantitative estimate of drug-likeness (QED) is 0.659. The maximum atomic E-state index is 11.8. The summed E-state index contributed by atoms with van der Waals surface area (Å²) in [5, 5.41) is 12.1. The number of carbonyl (C=O) groups is 1. The molecule has 0 bridgehead atoms. The van der Waals surface area contributed by atoms with Crippen molar-refractivity contribution in [1.29, 1.82) is 0 Å². The summed E-state index contributed by atoms with van der Waals surface area (Å²) < 4.78 is 19.6. The second-order valence-electron chi connectivity index (χ2n) is 4.56. The third kappa shape index (κ3) is 4.05. The number of aliphatic hydroxyl groups is 1. The Morgan fingerprint density at radius 3 is 2.93 bits per heavy atom. The van der Waals surface area contributed by atoms with E-state index >= 15 is 0 Å². The van der Waals surface area contributed by atoms with Crippen LogP contribution in [0.5, 0.6) is 0 Å². The van der Waals surface area contributed by atoms with Gasteiger partial charge in [-0.3, -0.25) is 0 Å². The van der Waals surface area contributed by atoms with E-state index in [1.54, 1.807) is 20.8 Å². The van der Waals surface area contributed by atoms with Crippen LogP contribution >= 0.6 is 0 Å². The second-order valence-corrected chi connectivity index (χ2v) is 4.56. The Hall–Kier alpha value is -0.810. The van der Waals surface area contributed by atoms with Gasteiger partial charge in [-0.15, -0.1) is 0 Å². The summed E-state index contributed by atoms with van der Waals surface area (Å²) in [6.45, 7) is 3.95. The molecule has 15 heavy (non-hydrogen) atoms. The minimum atomic E-state index is -2.35. The summed E-state index contributed by atoms with van der Waals surface area (Å²) in [5.41, 5.74) is -0.574. The van der Waals surface area contributed by atoms with E-state index in [1.165, 1.54) is 4.90 Å². The van der Waals surface area contributed by atoms with Gasteiger partial charge in [-0.1, -0.05) is 0 Å². The first-order valence-electron chi connectivity index (χ1n) is 6.03. The van der Waals surface area contributed by atoms with Crippen LogP contribution in [0.15, 0.2) is 0 Å². The van der Waals surface area contributed by atoms with Crippen LogP contribution in [0.25, 0.3) is 0 Å². The highest BCUT2D eigenvalue weighted by Gasteiger charge is 2.26. The Kier molecular flexibility index (Phi) is 3.02. The van der Waals surface area contributed by atoms with Gasteiger partial charge in [0.25, 0.3) is 0 Å². The lowest BCUT2D eigenvalue weighted by atomic mass is 10.2. The lowest BCUT2D eigenvalue weighted by molar-refractivity contribution is 0.0173. The molecule has 0 saturated carbocycles. The topological polar surface area (TPSA) is 61.8 Å². The highest BCUT2D eigenvalue weighted by molar-refractivity contribution is 5.68. The first kappa shape index (κ1) is 9.42. The highest BCUT2D eigenvalue weighted by atomic mass is 16.6. The molecule has 0 aromatic carbocycles. The fourth-order valence-corrected chi connectivity index (χ4v) is 1.33. The van der Waals surface area contributed by atoms with Crippen molar-refractivity contribution in [2.75, 3.05) is 26.2 Å². The van der Waals surface area contributed by atoms with Crippen molar-refractivity contribution in [2.24, 2.45) is 0 Å². The number of rotatable bonds is 1. The van der Waals surface area contributed by atoms with Gasteiger partial charge in [0.1, 0.15) is 5.60 Å². The molecule has 0 radical (unpaired) electrons. The zero-order valence-corrected chi connectivity index (χ0v) is 9.41. The molecular formula is C10H20N2O3. The van der Waals surface area contributed by atoms with E-state index in [4.69, 9.17) is 7.48 Å². The summed E-state index contributed by atoms with van der Waals surface area (Å²) in [5.74, 6) is 0. The van der Waals surface area contributed by atoms with Gasteiger partial charge >= 0.3 is 6.09 Å². The Labute approximate surface area is 93.2 Å². The molecule has 1 aliphatic heterocycles. The lowest BCUT2D eigenvalue weighted by Gasteiger charge is -2.34. The van der Waals surface area contributed by atoms with E-state index < -0.39 is 24.3 Å². The predicted molar refractivity (Wildman–Crippen MR) is 56.7 cm³/mol. The Balaban J connectivity index is 2.58. The van der Waals surface area contributed by atoms with Crippen LogP contribution in [-0.4, -0.2) is 53.9 Å². The zero-order chi connectivity index (χ0) is 13.3. The standard InChI is InChI=1S/C10H20N2O3/c1-10(2,3)15-9(14)12-5-4-11-8(6-12)7-13/h8,11,13H,4-7H2,1-3H3/i7D2. The van der Waals surface area contributed by atoms with Crippen LogP contribution in [0.3, 0.4) is 0 Å². The van der Waals surface area contributed by atoms with Crippen LogP contribution in [0.4, 0.5) is 4.79 Å². The summed E-state index contributed by atoms with van der Waals surface area (Å²) >= 11 is 0. The molecule has 1 rings (SSSR count). The van der Waals surface area contributed by atoms with Crippen molar-refractivity contribution >= 4 is 6.09 Å². The van der Waals surface area contributed by atoms with Gasteiger partial charge < -0.3 is 20.1 Å². The molecular weight excluding hydrogens is 196 g/mol. The molecule has 5 nitrogen and oxygen atoms in total. The maximum Gasteiger partial charge on any atom is 0.410 e. The number of nitrogens with one attached hydrogen (secondary N) is 1. The summed E-state index contributed by atoms with van der Waals surface area (Å²) in [6.07, 6.45) is -0.478. The normalized spacial score (nSPS) is 25.6. The van der Waals surface area contributed by atoms with Crippen molar-refractivity contribution in [3.8, 4) is 0 Å². The van der Waals surface area contributed by atoms with E-state index in [0.29, 0.717) is 13.1 Å². The third-order valence-electron chi connectivity index (χ3n) is 1.98. The first-order chi connectivity index (χ1) is 7.59. The number of piperazine rings is 1. The zero-order valence-electron chi connectivity index (χ0n) is 11.4. The molecule has 1 unspecified atom stereocenters. The van der Waals surface area contributed by atoms with Gasteiger partial charge in [0.2, 0.25) is 0 Å². The Bertz CT molecular complexity index is 286. The number of amides is 1. The maximum absolute atomic E-state index is 11.8. The van der Waals surface area contributed by atoms with Gasteiger partial charge in [-0.25, -0.2) is 4.79 Å². The molecule has 88 valence electrons. The number of hydrogen-bond acceptors (Lipinski definition) is 4. The van der Waals surface area contributed by atoms with Crippen LogP contribution in [0.2, 0.25) is 0 Å². The smallest absolute Gasteiger partial charge is 0.410 e. The van der Waals surface area contributed by atoms with Gasteiger partial charge in [0.15, 0.2) is 0 Å². The lowest BCUT2D eigenvalue weighted by Crippen LogP contribution is -2.54. The summed E-state index contributed by atoms with van der Waals surface area (Å²) in [6, 6.07) is -0.788. The molecule has 1 fully saturated rings. The fraction of sp³-hybridized carbons (Fsp3) is 0.900. The number of ether oxygens (including phenoxy) is 1. The average molecular weight is 218 g/mol. The van der Waals surface area contributed by atoms with E-state index in [2.05, 4.69) is 5.32 Å². The molecule has 1 saturated heterocycles. The minimum absolute atomic E-state index is 0.0956. The van der Waals surface area contributed by atoms with Crippen molar-refractivity contribution < 1.29 is 17.4 Å². The molecule has 0 aromatic heterocycles. The van der Waals surface area contributed by atoms with Crippen molar-refractivity contribution in [3.05, 3.63) is 0 Å². The largest absolute Gasteiger partial charge is 0.444 e. The van der Waals surface area contributed by atoms with Crippen LogP contribution in [0.1, 0.15) is 23.5 Å². The molecule has 2 N–H and O–H groups in total. The Morgan fingerprint density at radius 2 is 2.40 bits per heavy atom. The number of hydrogen-bond donors (Lipinski definition) is 2. The number of carbonyl (C=O) groups excluding carboxylic acids is 1. The molecule has 1 atom stereocenters. The number of nitrogens with zero attached hydrogens (tertiary/aromatic N) is 1. The molecule has 0 aromatic rings. The Morgan fingerprint density at radius 1 is 1.73 bits per heavy atom. The van der Waals surface area contributed by atoms with Crippen molar-refractivity contribution in [2.45, 2.75) is 32.4 Å². The molecule has 1 heterocycles. The minimum Gasteiger partial charge on any atom is -0.444 e.